The molecule has 1 heterocycles. The Morgan fingerprint density at radius 3 is 1.98 bits per heavy atom. The predicted molar refractivity (Wildman–Crippen MR) is 172 cm³/mol. The highest BCUT2D eigenvalue weighted by Crippen LogP contribution is 2.22. The van der Waals surface area contributed by atoms with Crippen molar-refractivity contribution in [3.05, 3.63) is 120 Å². The van der Waals surface area contributed by atoms with E-state index in [0.29, 0.717) is 5.56 Å². The molecule has 0 aliphatic rings. The van der Waals surface area contributed by atoms with Gasteiger partial charge in [0, 0.05) is 6.20 Å². The molecular weight excluding hydrogens is 605 g/mol. The molecule has 12 heteroatoms. The van der Waals surface area contributed by atoms with E-state index < -0.39 is 35.4 Å². The summed E-state index contributed by atoms with van der Waals surface area (Å²) < 4.78 is 13.0. The zero-order valence-electron chi connectivity index (χ0n) is 24.4. The van der Waals surface area contributed by atoms with Gasteiger partial charge in [-0.3, -0.25) is 9.59 Å². The van der Waals surface area contributed by atoms with Gasteiger partial charge in [-0.2, -0.15) is 0 Å². The van der Waals surface area contributed by atoms with Gasteiger partial charge in [-0.15, -0.1) is 24.8 Å². The maximum Gasteiger partial charge on any atom is 0.334 e. The van der Waals surface area contributed by atoms with E-state index >= 15 is 0 Å². The average Bonchev–Trinajstić information content (AvgIpc) is 3.44. The maximum atomic E-state index is 13.3. The van der Waals surface area contributed by atoms with Crippen LogP contribution in [0.2, 0.25) is 0 Å². The number of amides is 2. The third-order valence-electron chi connectivity index (χ3n) is 6.32. The summed E-state index contributed by atoms with van der Waals surface area (Å²) in [6.07, 6.45) is 2.98. The van der Waals surface area contributed by atoms with Crippen LogP contribution >= 0.6 is 24.8 Å². The van der Waals surface area contributed by atoms with E-state index in [1.165, 1.54) is 12.5 Å². The predicted octanol–water partition coefficient (Wildman–Crippen LogP) is 4.44. The molecule has 0 radical (unpaired) electrons. The summed E-state index contributed by atoms with van der Waals surface area (Å²) in [7, 11) is 0. The van der Waals surface area contributed by atoms with Crippen LogP contribution in [0.5, 0.6) is 0 Å². The minimum absolute atomic E-state index is 0. The minimum atomic E-state index is -1.21. The lowest BCUT2D eigenvalue weighted by molar-refractivity contribution is -0.147. The summed E-state index contributed by atoms with van der Waals surface area (Å²) in [6, 6.07) is 26.1. The van der Waals surface area contributed by atoms with Gasteiger partial charge in [-0.1, -0.05) is 91.0 Å². The van der Waals surface area contributed by atoms with E-state index in [4.69, 9.17) is 15.2 Å². The van der Waals surface area contributed by atoms with Crippen LogP contribution in [0, 0.1) is 0 Å². The summed E-state index contributed by atoms with van der Waals surface area (Å²) in [4.78, 5) is 43.4. The van der Waals surface area contributed by atoms with Crippen molar-refractivity contribution in [3.8, 4) is 0 Å². The van der Waals surface area contributed by atoms with Crippen molar-refractivity contribution in [2.75, 3.05) is 11.9 Å². The maximum absolute atomic E-state index is 13.3. The number of esters is 1. The Morgan fingerprint density at radius 1 is 0.864 bits per heavy atom. The second-order valence-electron chi connectivity index (χ2n) is 10.4. The van der Waals surface area contributed by atoms with Gasteiger partial charge in [0.25, 0.3) is 5.91 Å². The van der Waals surface area contributed by atoms with Gasteiger partial charge in [0.1, 0.15) is 12.6 Å². The van der Waals surface area contributed by atoms with E-state index in [9.17, 15) is 14.4 Å². The zero-order valence-corrected chi connectivity index (χ0v) is 26.1. The molecule has 0 fully saturated rings. The lowest BCUT2D eigenvalue weighted by Gasteiger charge is -2.23. The molecule has 44 heavy (non-hydrogen) atoms. The fourth-order valence-electron chi connectivity index (χ4n) is 4.02. The van der Waals surface area contributed by atoms with E-state index in [-0.39, 0.29) is 50.5 Å². The minimum Gasteiger partial charge on any atom is -0.459 e. The number of ether oxygens (including phenoxy) is 2. The molecule has 0 aliphatic carbocycles. The van der Waals surface area contributed by atoms with Crippen LogP contribution in [0.25, 0.3) is 0 Å². The molecule has 0 aliphatic heterocycles. The van der Waals surface area contributed by atoms with Gasteiger partial charge >= 0.3 is 5.97 Å². The lowest BCUT2D eigenvalue weighted by atomic mass is 10.1. The number of hydrogen-bond donors (Lipinski definition) is 3. The topological polar surface area (TPSA) is 138 Å². The van der Waals surface area contributed by atoms with Crippen LogP contribution in [0.1, 0.15) is 36.6 Å². The number of nitrogens with zero attached hydrogens (tertiary/aromatic N) is 2. The van der Waals surface area contributed by atoms with Crippen LogP contribution in [-0.4, -0.2) is 45.5 Å². The largest absolute Gasteiger partial charge is 0.459 e. The highest BCUT2D eigenvalue weighted by Gasteiger charge is 2.29. The molecule has 0 saturated heterocycles. The highest BCUT2D eigenvalue weighted by atomic mass is 35.5. The third-order valence-corrected chi connectivity index (χ3v) is 6.32. The van der Waals surface area contributed by atoms with Gasteiger partial charge in [0.15, 0.2) is 11.9 Å². The Hall–Kier alpha value is -4.22. The summed E-state index contributed by atoms with van der Waals surface area (Å²) in [5.74, 6) is -1.35. The molecule has 3 aromatic carbocycles. The standard InChI is InChI=1S/C32H35N5O5.2ClH/c1-32(2,33)31(40)35-26(21-41-19-23-12-6-3-7-13-23)29(38)36-27-18-37(22-34-27)28(25-16-10-5-11-17-25)30(39)42-20-24-14-8-4-9-15-24;;/h3-18,22,26,28H,19-21,33H2,1-2H3,(H,35,40)(H,36,38);2*1H/t26-,28?;;/m1../s1. The smallest absolute Gasteiger partial charge is 0.334 e. The van der Waals surface area contributed by atoms with Crippen LogP contribution in [-0.2, 0) is 37.1 Å². The van der Waals surface area contributed by atoms with Gasteiger partial charge in [0.2, 0.25) is 5.91 Å². The van der Waals surface area contributed by atoms with E-state index in [1.807, 2.05) is 91.0 Å². The Bertz CT molecular complexity index is 1460. The number of nitrogens with two attached hydrogens (primary N) is 1. The molecule has 4 rings (SSSR count). The first-order chi connectivity index (χ1) is 20.2. The van der Waals surface area contributed by atoms with Crippen LogP contribution in [0.3, 0.4) is 0 Å². The summed E-state index contributed by atoms with van der Waals surface area (Å²) in [6.45, 7) is 3.37. The highest BCUT2D eigenvalue weighted by molar-refractivity contribution is 5.98. The molecule has 2 amide bonds. The first kappa shape index (κ1) is 36.0. The molecule has 4 aromatic rings. The number of carbonyl (C=O) groups excluding carboxylic acids is 3. The normalized spacial score (nSPS) is 12.1. The van der Waals surface area contributed by atoms with Crippen molar-refractivity contribution in [1.82, 2.24) is 14.9 Å². The van der Waals surface area contributed by atoms with Crippen LogP contribution in [0.15, 0.2) is 104 Å². The van der Waals surface area contributed by atoms with Crippen molar-refractivity contribution >= 4 is 48.4 Å². The van der Waals surface area contributed by atoms with Crippen molar-refractivity contribution in [2.24, 2.45) is 5.73 Å². The molecule has 234 valence electrons. The summed E-state index contributed by atoms with van der Waals surface area (Å²) in [5.41, 5.74) is 7.21. The van der Waals surface area contributed by atoms with Crippen molar-refractivity contribution in [3.63, 3.8) is 0 Å². The second kappa shape index (κ2) is 17.2. The number of aromatic nitrogens is 2. The van der Waals surface area contributed by atoms with E-state index in [0.717, 1.165) is 11.1 Å². The van der Waals surface area contributed by atoms with Crippen molar-refractivity contribution in [1.29, 1.82) is 0 Å². The van der Waals surface area contributed by atoms with Gasteiger partial charge in [-0.05, 0) is 30.5 Å². The molecule has 4 N–H and O–H groups in total. The number of halogens is 2. The molecular formula is C32H37Cl2N5O5. The molecule has 0 saturated carbocycles. The van der Waals surface area contributed by atoms with E-state index in [2.05, 4.69) is 15.6 Å². The molecule has 1 aromatic heterocycles. The quantitative estimate of drug-likeness (QED) is 0.184. The Kier molecular flexibility index (Phi) is 14.0. The third kappa shape index (κ3) is 10.5. The summed E-state index contributed by atoms with van der Waals surface area (Å²) >= 11 is 0. The van der Waals surface area contributed by atoms with Crippen molar-refractivity contribution < 1.29 is 23.9 Å². The zero-order chi connectivity index (χ0) is 30.0. The molecule has 10 nitrogen and oxygen atoms in total. The molecule has 0 bridgehead atoms. The number of anilines is 1. The second-order valence-corrected chi connectivity index (χ2v) is 10.4. The van der Waals surface area contributed by atoms with Gasteiger partial charge < -0.3 is 30.4 Å². The monoisotopic (exact) mass is 641 g/mol. The Balaban J connectivity index is 0.00000337. The number of imidazole rings is 1. The number of carbonyl (C=O) groups is 3. The lowest BCUT2D eigenvalue weighted by Crippen LogP contribution is -2.56. The number of hydrogen-bond acceptors (Lipinski definition) is 7. The Labute approximate surface area is 269 Å². The first-order valence-electron chi connectivity index (χ1n) is 13.5. The average molecular weight is 643 g/mol. The molecule has 2 atom stereocenters. The van der Waals surface area contributed by atoms with Gasteiger partial charge in [0.05, 0.1) is 25.1 Å². The first-order valence-corrected chi connectivity index (χ1v) is 13.5. The number of rotatable bonds is 13. The summed E-state index contributed by atoms with van der Waals surface area (Å²) in [5, 5.41) is 5.37. The SMILES string of the molecule is CC(C)(N)C(=O)N[C@H](COCc1ccccc1)C(=O)Nc1cn(C(C(=O)OCc2ccccc2)c2ccccc2)cn1.Cl.Cl. The fraction of sp³-hybridized carbons (Fsp3) is 0.250. The van der Waals surface area contributed by atoms with E-state index in [1.54, 1.807) is 18.4 Å². The Morgan fingerprint density at radius 2 is 1.41 bits per heavy atom. The number of nitrogens with one attached hydrogen (secondary N) is 2. The molecule has 1 unspecified atom stereocenters. The van der Waals surface area contributed by atoms with Gasteiger partial charge in [-0.25, -0.2) is 9.78 Å². The van der Waals surface area contributed by atoms with Crippen LogP contribution < -0.4 is 16.4 Å². The number of benzene rings is 3. The van der Waals surface area contributed by atoms with Crippen molar-refractivity contribution in [2.45, 2.75) is 44.7 Å². The van der Waals surface area contributed by atoms with Crippen LogP contribution in [0.4, 0.5) is 5.82 Å². The fourth-order valence-corrected chi connectivity index (χ4v) is 4.02. The molecule has 0 spiro atoms.